The average molecular weight is 197 g/mol. The molecule has 2 saturated carbocycles. The fraction of sp³-hybridized carbons (Fsp3) is 0.909. The summed E-state index contributed by atoms with van der Waals surface area (Å²) in [6.45, 7) is 0.544. The molecule has 14 heavy (non-hydrogen) atoms. The Morgan fingerprint density at radius 1 is 1.36 bits per heavy atom. The molecular weight excluding hydrogens is 178 g/mol. The second kappa shape index (κ2) is 3.54. The zero-order valence-electron chi connectivity index (χ0n) is 8.54. The molecular formula is C11H19NO2. The van der Waals surface area contributed by atoms with Gasteiger partial charge in [-0.1, -0.05) is 0 Å². The molecule has 0 aromatic carbocycles. The molecule has 0 aromatic heterocycles. The Kier molecular flexibility index (Phi) is 2.52. The first-order valence-corrected chi connectivity index (χ1v) is 5.57. The van der Waals surface area contributed by atoms with Crippen LogP contribution in [0.1, 0.15) is 38.5 Å². The predicted molar refractivity (Wildman–Crippen MR) is 53.8 cm³/mol. The van der Waals surface area contributed by atoms with Crippen LogP contribution >= 0.6 is 0 Å². The van der Waals surface area contributed by atoms with E-state index in [9.17, 15) is 4.79 Å². The lowest BCUT2D eigenvalue weighted by molar-refractivity contribution is -0.141. The minimum absolute atomic E-state index is 0.0760. The van der Waals surface area contributed by atoms with Crippen LogP contribution < -0.4 is 5.73 Å². The molecule has 0 aromatic rings. The fourth-order valence-electron chi connectivity index (χ4n) is 3.18. The second-order valence-corrected chi connectivity index (χ2v) is 5.11. The number of nitrogens with two attached hydrogens (primary N) is 1. The van der Waals surface area contributed by atoms with Crippen LogP contribution in [-0.4, -0.2) is 17.6 Å². The van der Waals surface area contributed by atoms with Gasteiger partial charge in [-0.25, -0.2) is 0 Å². The molecule has 2 rings (SSSR count). The molecule has 80 valence electrons. The van der Waals surface area contributed by atoms with Gasteiger partial charge < -0.3 is 10.8 Å². The van der Waals surface area contributed by atoms with Crippen LogP contribution in [0.5, 0.6) is 0 Å². The van der Waals surface area contributed by atoms with Gasteiger partial charge in [-0.05, 0) is 55.9 Å². The fourth-order valence-corrected chi connectivity index (χ4v) is 3.18. The van der Waals surface area contributed by atoms with E-state index in [0.29, 0.717) is 6.54 Å². The van der Waals surface area contributed by atoms with Gasteiger partial charge in [0.2, 0.25) is 0 Å². The molecule has 3 N–H and O–H groups in total. The monoisotopic (exact) mass is 197 g/mol. The molecule has 0 unspecified atom stereocenters. The van der Waals surface area contributed by atoms with Gasteiger partial charge >= 0.3 is 5.97 Å². The lowest BCUT2D eigenvalue weighted by Gasteiger charge is -2.49. The van der Waals surface area contributed by atoms with E-state index < -0.39 is 5.97 Å². The molecule has 2 fully saturated rings. The van der Waals surface area contributed by atoms with Gasteiger partial charge in [0.1, 0.15) is 0 Å². The second-order valence-electron chi connectivity index (χ2n) is 5.11. The Bertz CT molecular complexity index is 241. The summed E-state index contributed by atoms with van der Waals surface area (Å²) < 4.78 is 0. The molecule has 0 saturated heterocycles. The van der Waals surface area contributed by atoms with E-state index in [4.69, 9.17) is 10.8 Å². The van der Waals surface area contributed by atoms with Crippen molar-refractivity contribution < 1.29 is 9.90 Å². The Labute approximate surface area is 84.7 Å². The van der Waals surface area contributed by atoms with E-state index in [1.165, 1.54) is 19.3 Å². The Morgan fingerprint density at radius 3 is 2.50 bits per heavy atom. The number of carboxylic acids is 1. The van der Waals surface area contributed by atoms with E-state index in [2.05, 4.69) is 0 Å². The van der Waals surface area contributed by atoms with E-state index in [-0.39, 0.29) is 11.8 Å². The van der Waals surface area contributed by atoms with Crippen molar-refractivity contribution in [3.8, 4) is 0 Å². The summed E-state index contributed by atoms with van der Waals surface area (Å²) in [7, 11) is 0. The van der Waals surface area contributed by atoms with Crippen molar-refractivity contribution in [2.75, 3.05) is 6.54 Å². The van der Waals surface area contributed by atoms with Crippen LogP contribution in [0.4, 0.5) is 0 Å². The van der Waals surface area contributed by atoms with Crippen molar-refractivity contribution in [2.24, 2.45) is 23.0 Å². The Morgan fingerprint density at radius 2 is 2.07 bits per heavy atom. The SMILES string of the molecule is NC[C@]1(CC(=O)O)CC[C@@H]2CC[C@H]2C1. The predicted octanol–water partition coefficient (Wildman–Crippen LogP) is 1.62. The third-order valence-electron chi connectivity index (χ3n) is 4.27. The van der Waals surface area contributed by atoms with Crippen molar-refractivity contribution in [1.29, 1.82) is 0 Å². The van der Waals surface area contributed by atoms with Crippen molar-refractivity contribution in [3.05, 3.63) is 0 Å². The maximum absolute atomic E-state index is 10.8. The lowest BCUT2D eigenvalue weighted by atomic mass is 9.56. The first-order chi connectivity index (χ1) is 6.65. The maximum Gasteiger partial charge on any atom is 0.303 e. The van der Waals surface area contributed by atoms with Gasteiger partial charge in [0, 0.05) is 0 Å². The number of hydrogen-bond acceptors (Lipinski definition) is 2. The van der Waals surface area contributed by atoms with Crippen molar-refractivity contribution in [3.63, 3.8) is 0 Å². The highest BCUT2D eigenvalue weighted by Gasteiger charge is 2.44. The largest absolute Gasteiger partial charge is 0.481 e. The highest BCUT2D eigenvalue weighted by atomic mass is 16.4. The molecule has 0 bridgehead atoms. The molecule has 3 nitrogen and oxygen atoms in total. The molecule has 0 heterocycles. The first kappa shape index (κ1) is 9.97. The van der Waals surface area contributed by atoms with Gasteiger partial charge in [-0.15, -0.1) is 0 Å². The van der Waals surface area contributed by atoms with Crippen molar-refractivity contribution >= 4 is 5.97 Å². The van der Waals surface area contributed by atoms with E-state index in [1.54, 1.807) is 0 Å². The number of rotatable bonds is 3. The lowest BCUT2D eigenvalue weighted by Crippen LogP contribution is -2.44. The van der Waals surface area contributed by atoms with Gasteiger partial charge in [-0.3, -0.25) is 4.79 Å². The minimum atomic E-state index is -0.687. The van der Waals surface area contributed by atoms with Gasteiger partial charge in [0.05, 0.1) is 6.42 Å². The molecule has 2 aliphatic carbocycles. The Balaban J connectivity index is 2.01. The smallest absolute Gasteiger partial charge is 0.303 e. The van der Waals surface area contributed by atoms with Gasteiger partial charge in [0.25, 0.3) is 0 Å². The Hall–Kier alpha value is -0.570. The van der Waals surface area contributed by atoms with Crippen LogP contribution in [-0.2, 0) is 4.79 Å². The summed E-state index contributed by atoms with van der Waals surface area (Å²) in [5, 5.41) is 8.88. The van der Waals surface area contributed by atoms with E-state index >= 15 is 0 Å². The molecule has 2 aliphatic rings. The highest BCUT2D eigenvalue weighted by Crippen LogP contribution is 2.52. The van der Waals surface area contributed by atoms with Crippen LogP contribution in [0, 0.1) is 17.3 Å². The topological polar surface area (TPSA) is 63.3 Å². The van der Waals surface area contributed by atoms with Crippen LogP contribution in [0.3, 0.4) is 0 Å². The summed E-state index contributed by atoms with van der Waals surface area (Å²) in [6, 6.07) is 0. The van der Waals surface area contributed by atoms with Crippen LogP contribution in [0.15, 0.2) is 0 Å². The molecule has 3 atom stereocenters. The summed E-state index contributed by atoms with van der Waals surface area (Å²) in [4.78, 5) is 10.8. The highest BCUT2D eigenvalue weighted by molar-refractivity contribution is 5.67. The standard InChI is InChI=1S/C11H19NO2/c12-7-11(6-10(13)14)4-3-8-1-2-9(8)5-11/h8-9H,1-7,12H2,(H,13,14)/t8-,9-,11+/m0/s1. The zero-order chi connectivity index (χ0) is 10.2. The zero-order valence-corrected chi connectivity index (χ0v) is 8.54. The van der Waals surface area contributed by atoms with E-state index in [0.717, 1.165) is 24.7 Å². The molecule has 0 radical (unpaired) electrons. The third-order valence-corrected chi connectivity index (χ3v) is 4.27. The van der Waals surface area contributed by atoms with E-state index in [1.807, 2.05) is 0 Å². The number of carboxylic acid groups (broad SMARTS) is 1. The molecule has 0 aliphatic heterocycles. The number of aliphatic carboxylic acids is 1. The molecule has 0 amide bonds. The van der Waals surface area contributed by atoms with Gasteiger partial charge in [-0.2, -0.15) is 0 Å². The number of fused-ring (bicyclic) bond motifs is 1. The minimum Gasteiger partial charge on any atom is -0.481 e. The first-order valence-electron chi connectivity index (χ1n) is 5.57. The van der Waals surface area contributed by atoms with Crippen LogP contribution in [0.2, 0.25) is 0 Å². The summed E-state index contributed by atoms with van der Waals surface area (Å²) in [6.07, 6.45) is 6.21. The normalized spacial score (nSPS) is 41.2. The van der Waals surface area contributed by atoms with Gasteiger partial charge in [0.15, 0.2) is 0 Å². The molecule has 3 heteroatoms. The van der Waals surface area contributed by atoms with Crippen LogP contribution in [0.25, 0.3) is 0 Å². The van der Waals surface area contributed by atoms with Crippen molar-refractivity contribution in [1.82, 2.24) is 0 Å². The summed E-state index contributed by atoms with van der Waals surface area (Å²) >= 11 is 0. The summed E-state index contributed by atoms with van der Waals surface area (Å²) in [5.74, 6) is 0.989. The third kappa shape index (κ3) is 1.65. The maximum atomic E-state index is 10.8. The average Bonchev–Trinajstić information content (AvgIpc) is 2.09. The summed E-state index contributed by atoms with van der Waals surface area (Å²) in [5.41, 5.74) is 5.68. The van der Waals surface area contributed by atoms with Crippen molar-refractivity contribution in [2.45, 2.75) is 38.5 Å². The molecule has 0 spiro atoms. The number of hydrogen-bond donors (Lipinski definition) is 2. The quantitative estimate of drug-likeness (QED) is 0.722. The number of carbonyl (C=O) groups is 1.